The molecular formula is C15H18BrN5O2. The van der Waals surface area contributed by atoms with E-state index in [4.69, 9.17) is 4.74 Å². The van der Waals surface area contributed by atoms with Crippen LogP contribution in [0.25, 0.3) is 0 Å². The summed E-state index contributed by atoms with van der Waals surface area (Å²) in [7, 11) is 0. The van der Waals surface area contributed by atoms with E-state index < -0.39 is 0 Å². The van der Waals surface area contributed by atoms with E-state index in [0.717, 1.165) is 16.6 Å². The van der Waals surface area contributed by atoms with Gasteiger partial charge in [0.2, 0.25) is 11.9 Å². The van der Waals surface area contributed by atoms with E-state index in [1.54, 1.807) is 11.0 Å². The average Bonchev–Trinajstić information content (AvgIpc) is 2.95. The molecule has 0 radical (unpaired) electrons. The lowest BCUT2D eigenvalue weighted by Gasteiger charge is -2.22. The van der Waals surface area contributed by atoms with E-state index in [2.05, 4.69) is 36.6 Å². The summed E-state index contributed by atoms with van der Waals surface area (Å²) in [5.41, 5.74) is 1.10. The van der Waals surface area contributed by atoms with Crippen LogP contribution in [0.15, 0.2) is 35.1 Å². The first-order valence-corrected chi connectivity index (χ1v) is 8.23. The van der Waals surface area contributed by atoms with Crippen molar-refractivity contribution < 1.29 is 9.53 Å². The minimum absolute atomic E-state index is 0.0486. The number of rotatable bonds is 5. The van der Waals surface area contributed by atoms with Gasteiger partial charge in [0.15, 0.2) is 0 Å². The molecule has 1 atom stereocenters. The predicted molar refractivity (Wildman–Crippen MR) is 89.1 cm³/mol. The van der Waals surface area contributed by atoms with Crippen LogP contribution in [0.1, 0.15) is 12.0 Å². The maximum absolute atomic E-state index is 12.0. The van der Waals surface area contributed by atoms with Crippen LogP contribution >= 0.6 is 15.9 Å². The predicted octanol–water partition coefficient (Wildman–Crippen LogP) is 1.41. The third kappa shape index (κ3) is 4.85. The highest BCUT2D eigenvalue weighted by molar-refractivity contribution is 9.10. The molecule has 8 heteroatoms. The van der Waals surface area contributed by atoms with Crippen molar-refractivity contribution in [1.82, 2.24) is 20.1 Å². The summed E-state index contributed by atoms with van der Waals surface area (Å²) in [6.07, 6.45) is 1.96. The van der Waals surface area contributed by atoms with Crippen LogP contribution in [0.5, 0.6) is 0 Å². The number of aromatic nitrogens is 3. The van der Waals surface area contributed by atoms with Crippen LogP contribution in [0, 0.1) is 0 Å². The summed E-state index contributed by atoms with van der Waals surface area (Å²) < 4.78 is 8.04. The Morgan fingerprint density at radius 3 is 3.22 bits per heavy atom. The Hall–Kier alpha value is -1.77. The molecule has 1 saturated heterocycles. The first-order chi connectivity index (χ1) is 11.2. The third-order valence-electron chi connectivity index (χ3n) is 3.45. The molecular weight excluding hydrogens is 362 g/mol. The molecule has 1 amide bonds. The Kier molecular flexibility index (Phi) is 5.37. The van der Waals surface area contributed by atoms with Gasteiger partial charge in [-0.2, -0.15) is 0 Å². The number of halogens is 1. The number of nitrogens with zero attached hydrogens (tertiary/aromatic N) is 3. The van der Waals surface area contributed by atoms with Crippen LogP contribution in [-0.4, -0.2) is 46.5 Å². The highest BCUT2D eigenvalue weighted by Crippen LogP contribution is 2.12. The van der Waals surface area contributed by atoms with Gasteiger partial charge in [0.1, 0.15) is 6.33 Å². The lowest BCUT2D eigenvalue weighted by atomic mass is 10.2. The Morgan fingerprint density at radius 2 is 2.43 bits per heavy atom. The van der Waals surface area contributed by atoms with E-state index in [1.807, 2.05) is 24.3 Å². The quantitative estimate of drug-likeness (QED) is 0.820. The number of carbonyl (C=O) groups is 1. The number of benzene rings is 1. The third-order valence-corrected chi connectivity index (χ3v) is 3.94. The molecule has 2 heterocycles. The molecule has 3 rings (SSSR count). The largest absolute Gasteiger partial charge is 0.378 e. The van der Waals surface area contributed by atoms with E-state index in [9.17, 15) is 4.79 Å². The summed E-state index contributed by atoms with van der Waals surface area (Å²) >= 11 is 3.44. The van der Waals surface area contributed by atoms with Crippen molar-refractivity contribution in [3.8, 4) is 0 Å². The number of morpholine rings is 1. The number of nitrogens with one attached hydrogen (secondary N) is 2. The van der Waals surface area contributed by atoms with Crippen molar-refractivity contribution in [2.45, 2.75) is 19.0 Å². The number of amides is 1. The molecule has 1 aromatic heterocycles. The van der Waals surface area contributed by atoms with Gasteiger partial charge >= 0.3 is 0 Å². The SMILES string of the molecule is O=C(CC1COCCN1)Nc1ncn(Cc2cccc(Br)c2)n1. The molecule has 1 fully saturated rings. The number of anilines is 1. The van der Waals surface area contributed by atoms with Gasteiger partial charge < -0.3 is 10.1 Å². The molecule has 7 nitrogen and oxygen atoms in total. The van der Waals surface area contributed by atoms with Crippen molar-refractivity contribution in [1.29, 1.82) is 0 Å². The zero-order chi connectivity index (χ0) is 16.1. The lowest BCUT2D eigenvalue weighted by Crippen LogP contribution is -2.43. The molecule has 1 aliphatic rings. The van der Waals surface area contributed by atoms with E-state index >= 15 is 0 Å². The second kappa shape index (κ2) is 7.67. The van der Waals surface area contributed by atoms with Crippen LogP contribution < -0.4 is 10.6 Å². The first kappa shape index (κ1) is 16.1. The molecule has 1 aliphatic heterocycles. The fourth-order valence-corrected chi connectivity index (χ4v) is 2.85. The molecule has 2 aromatic rings. The van der Waals surface area contributed by atoms with Gasteiger partial charge in [0.05, 0.1) is 19.8 Å². The maximum Gasteiger partial charge on any atom is 0.248 e. The van der Waals surface area contributed by atoms with Gasteiger partial charge in [-0.1, -0.05) is 28.1 Å². The van der Waals surface area contributed by atoms with Crippen LogP contribution in [0.2, 0.25) is 0 Å². The minimum Gasteiger partial charge on any atom is -0.378 e. The van der Waals surface area contributed by atoms with Crippen LogP contribution in [0.3, 0.4) is 0 Å². The molecule has 0 aliphatic carbocycles. The summed E-state index contributed by atoms with van der Waals surface area (Å²) in [6.45, 7) is 2.62. The second-order valence-electron chi connectivity index (χ2n) is 5.37. The van der Waals surface area contributed by atoms with Crippen molar-refractivity contribution in [2.75, 3.05) is 25.1 Å². The second-order valence-corrected chi connectivity index (χ2v) is 6.29. The Morgan fingerprint density at radius 1 is 1.52 bits per heavy atom. The monoisotopic (exact) mass is 379 g/mol. The summed E-state index contributed by atoms with van der Waals surface area (Å²) in [4.78, 5) is 16.1. The summed E-state index contributed by atoms with van der Waals surface area (Å²) in [6, 6.07) is 8.03. The Balaban J connectivity index is 1.53. The van der Waals surface area contributed by atoms with Gasteiger partial charge in [-0.25, -0.2) is 9.67 Å². The first-order valence-electron chi connectivity index (χ1n) is 7.44. The molecule has 0 saturated carbocycles. The minimum atomic E-state index is -0.117. The van der Waals surface area contributed by atoms with Crippen molar-refractivity contribution in [2.24, 2.45) is 0 Å². The summed E-state index contributed by atoms with van der Waals surface area (Å²) in [5.74, 6) is 0.204. The Bertz CT molecular complexity index is 669. The van der Waals surface area contributed by atoms with Gasteiger partial charge in [-0.3, -0.25) is 10.1 Å². The van der Waals surface area contributed by atoms with E-state index in [-0.39, 0.29) is 11.9 Å². The lowest BCUT2D eigenvalue weighted by molar-refractivity contribution is -0.117. The number of hydrogen-bond acceptors (Lipinski definition) is 5. The topological polar surface area (TPSA) is 81.1 Å². The number of carbonyl (C=O) groups excluding carboxylic acids is 1. The van der Waals surface area contributed by atoms with Crippen molar-refractivity contribution in [3.05, 3.63) is 40.6 Å². The molecule has 0 spiro atoms. The Labute approximate surface area is 142 Å². The smallest absolute Gasteiger partial charge is 0.248 e. The fourth-order valence-electron chi connectivity index (χ4n) is 2.40. The van der Waals surface area contributed by atoms with E-state index in [1.165, 1.54) is 0 Å². The zero-order valence-corrected chi connectivity index (χ0v) is 14.1. The standard InChI is InChI=1S/C15H18BrN5O2/c16-12-3-1-2-11(6-12)8-21-10-18-15(20-21)19-14(22)7-13-9-23-5-4-17-13/h1-3,6,10,13,17H,4-5,7-9H2,(H,19,20,22). The zero-order valence-electron chi connectivity index (χ0n) is 12.5. The van der Waals surface area contributed by atoms with Crippen LogP contribution in [0.4, 0.5) is 5.95 Å². The highest BCUT2D eigenvalue weighted by Gasteiger charge is 2.17. The highest BCUT2D eigenvalue weighted by atomic mass is 79.9. The molecule has 23 heavy (non-hydrogen) atoms. The molecule has 122 valence electrons. The normalized spacial score (nSPS) is 17.9. The van der Waals surface area contributed by atoms with Gasteiger partial charge in [-0.15, -0.1) is 5.10 Å². The van der Waals surface area contributed by atoms with Crippen molar-refractivity contribution in [3.63, 3.8) is 0 Å². The van der Waals surface area contributed by atoms with Gasteiger partial charge in [0.25, 0.3) is 0 Å². The number of ether oxygens (including phenoxy) is 1. The molecule has 1 aromatic carbocycles. The molecule has 1 unspecified atom stereocenters. The van der Waals surface area contributed by atoms with Gasteiger partial charge in [-0.05, 0) is 17.7 Å². The van der Waals surface area contributed by atoms with Crippen molar-refractivity contribution >= 4 is 27.8 Å². The number of hydrogen-bond donors (Lipinski definition) is 2. The van der Waals surface area contributed by atoms with E-state index in [0.29, 0.717) is 32.1 Å². The average molecular weight is 380 g/mol. The van der Waals surface area contributed by atoms with Gasteiger partial charge in [0, 0.05) is 23.5 Å². The summed E-state index contributed by atoms with van der Waals surface area (Å²) in [5, 5.41) is 10.2. The maximum atomic E-state index is 12.0. The molecule has 2 N–H and O–H groups in total. The molecule has 0 bridgehead atoms. The van der Waals surface area contributed by atoms with Crippen LogP contribution in [-0.2, 0) is 16.1 Å². The fraction of sp³-hybridized carbons (Fsp3) is 0.400.